The third kappa shape index (κ3) is 3.31. The number of aryl methyl sites for hydroxylation is 1. The van der Waals surface area contributed by atoms with Crippen molar-refractivity contribution in [3.63, 3.8) is 0 Å². The normalized spacial score (nSPS) is 14.1. The van der Waals surface area contributed by atoms with E-state index in [1.165, 1.54) is 16.5 Å². The minimum atomic E-state index is -0.293. The van der Waals surface area contributed by atoms with Crippen molar-refractivity contribution >= 4 is 17.5 Å². The number of anilines is 1. The summed E-state index contributed by atoms with van der Waals surface area (Å²) in [5.74, 6) is -0.579. The van der Waals surface area contributed by atoms with Crippen molar-refractivity contribution in [2.75, 3.05) is 5.32 Å². The summed E-state index contributed by atoms with van der Waals surface area (Å²) in [6.07, 6.45) is 2.32. The highest BCUT2D eigenvalue weighted by Gasteiger charge is 2.31. The maximum absolute atomic E-state index is 12.4. The van der Waals surface area contributed by atoms with Gasteiger partial charge in [-0.2, -0.15) is 0 Å². The van der Waals surface area contributed by atoms with Gasteiger partial charge in [-0.05, 0) is 29.7 Å². The van der Waals surface area contributed by atoms with E-state index in [1.807, 2.05) is 54.6 Å². The van der Waals surface area contributed by atoms with E-state index >= 15 is 0 Å². The lowest BCUT2D eigenvalue weighted by molar-refractivity contribution is -0.137. The molecule has 0 aliphatic carbocycles. The van der Waals surface area contributed by atoms with Gasteiger partial charge in [-0.1, -0.05) is 49.4 Å². The fourth-order valence-electron chi connectivity index (χ4n) is 2.49. The predicted molar refractivity (Wildman–Crippen MR) is 89.5 cm³/mol. The number of amides is 2. The standard InChI is InChI=1S/C19H18N2O2/c1-2-14-8-10-16(11-9-14)20-17-12-18(22)21(19(17)23)13-15-6-4-3-5-7-15/h3-12,20H,2,13H2,1H3. The molecule has 0 spiro atoms. The highest BCUT2D eigenvalue weighted by atomic mass is 16.2. The SMILES string of the molecule is CCc1ccc(NC2=CC(=O)N(Cc3ccccc3)C2=O)cc1. The van der Waals surface area contributed by atoms with E-state index in [4.69, 9.17) is 0 Å². The van der Waals surface area contributed by atoms with E-state index in [0.29, 0.717) is 5.70 Å². The van der Waals surface area contributed by atoms with Crippen LogP contribution in [0.1, 0.15) is 18.1 Å². The van der Waals surface area contributed by atoms with Crippen LogP contribution in [0, 0.1) is 0 Å². The van der Waals surface area contributed by atoms with Crippen molar-refractivity contribution in [2.45, 2.75) is 19.9 Å². The van der Waals surface area contributed by atoms with Crippen LogP contribution < -0.4 is 5.32 Å². The van der Waals surface area contributed by atoms with E-state index in [-0.39, 0.29) is 18.4 Å². The molecule has 2 aromatic carbocycles. The molecule has 0 fully saturated rings. The van der Waals surface area contributed by atoms with Gasteiger partial charge in [-0.25, -0.2) is 0 Å². The molecule has 0 saturated heterocycles. The predicted octanol–water partition coefficient (Wildman–Crippen LogP) is 3.11. The van der Waals surface area contributed by atoms with Crippen LogP contribution in [0.5, 0.6) is 0 Å². The van der Waals surface area contributed by atoms with Gasteiger partial charge in [0, 0.05) is 11.8 Å². The Morgan fingerprint density at radius 2 is 1.61 bits per heavy atom. The molecule has 1 aliphatic heterocycles. The van der Waals surface area contributed by atoms with E-state index in [0.717, 1.165) is 17.7 Å². The molecule has 0 radical (unpaired) electrons. The van der Waals surface area contributed by atoms with Crippen molar-refractivity contribution < 1.29 is 9.59 Å². The summed E-state index contributed by atoms with van der Waals surface area (Å²) in [7, 11) is 0. The number of carbonyl (C=O) groups excluding carboxylic acids is 2. The zero-order chi connectivity index (χ0) is 16.2. The van der Waals surface area contributed by atoms with Crippen LogP contribution >= 0.6 is 0 Å². The lowest BCUT2D eigenvalue weighted by atomic mass is 10.1. The molecule has 0 aromatic heterocycles. The van der Waals surface area contributed by atoms with Crippen LogP contribution in [-0.4, -0.2) is 16.7 Å². The fraction of sp³-hybridized carbons (Fsp3) is 0.158. The lowest BCUT2D eigenvalue weighted by Gasteiger charge is -2.15. The number of benzene rings is 2. The van der Waals surface area contributed by atoms with Crippen LogP contribution in [0.3, 0.4) is 0 Å². The minimum Gasteiger partial charge on any atom is -0.351 e. The largest absolute Gasteiger partial charge is 0.351 e. The fourth-order valence-corrected chi connectivity index (χ4v) is 2.49. The average molecular weight is 306 g/mol. The number of carbonyl (C=O) groups is 2. The highest BCUT2D eigenvalue weighted by Crippen LogP contribution is 2.19. The molecule has 1 aliphatic rings. The third-order valence-electron chi connectivity index (χ3n) is 3.83. The smallest absolute Gasteiger partial charge is 0.277 e. The molecular formula is C19H18N2O2. The molecule has 0 saturated carbocycles. The molecule has 2 aromatic rings. The van der Waals surface area contributed by atoms with Crippen molar-refractivity contribution in [1.82, 2.24) is 4.90 Å². The molecule has 0 atom stereocenters. The van der Waals surface area contributed by atoms with E-state index in [2.05, 4.69) is 12.2 Å². The first-order valence-corrected chi connectivity index (χ1v) is 7.65. The Labute approximate surface area is 135 Å². The number of imide groups is 1. The van der Waals surface area contributed by atoms with Gasteiger partial charge in [0.05, 0.1) is 6.54 Å². The third-order valence-corrected chi connectivity index (χ3v) is 3.83. The molecule has 1 heterocycles. The minimum absolute atomic E-state index is 0.286. The van der Waals surface area contributed by atoms with Crippen molar-refractivity contribution in [2.24, 2.45) is 0 Å². The molecule has 116 valence electrons. The summed E-state index contributed by atoms with van der Waals surface area (Å²) in [5, 5.41) is 3.04. The van der Waals surface area contributed by atoms with Crippen molar-refractivity contribution in [1.29, 1.82) is 0 Å². The topological polar surface area (TPSA) is 49.4 Å². The maximum Gasteiger partial charge on any atom is 0.277 e. The summed E-state index contributed by atoms with van der Waals surface area (Å²) in [4.78, 5) is 25.7. The van der Waals surface area contributed by atoms with Gasteiger partial charge in [-0.3, -0.25) is 14.5 Å². The molecule has 2 amide bonds. The molecular weight excluding hydrogens is 288 g/mol. The molecule has 3 rings (SSSR count). The number of hydrogen-bond donors (Lipinski definition) is 1. The molecule has 1 N–H and O–H groups in total. The number of nitrogens with zero attached hydrogens (tertiary/aromatic N) is 1. The summed E-state index contributed by atoms with van der Waals surface area (Å²) < 4.78 is 0. The summed E-state index contributed by atoms with van der Waals surface area (Å²) >= 11 is 0. The summed E-state index contributed by atoms with van der Waals surface area (Å²) in [5.41, 5.74) is 3.27. The first-order valence-electron chi connectivity index (χ1n) is 7.65. The zero-order valence-corrected chi connectivity index (χ0v) is 13.0. The van der Waals surface area contributed by atoms with Crippen LogP contribution in [0.15, 0.2) is 66.4 Å². The van der Waals surface area contributed by atoms with Gasteiger partial charge >= 0.3 is 0 Å². The Kier molecular flexibility index (Phi) is 4.24. The van der Waals surface area contributed by atoms with Crippen LogP contribution in [0.2, 0.25) is 0 Å². The number of nitrogens with one attached hydrogen (secondary N) is 1. The second kappa shape index (κ2) is 6.48. The van der Waals surface area contributed by atoms with E-state index in [9.17, 15) is 9.59 Å². The van der Waals surface area contributed by atoms with Crippen molar-refractivity contribution in [3.05, 3.63) is 77.5 Å². The van der Waals surface area contributed by atoms with Gasteiger partial charge in [-0.15, -0.1) is 0 Å². The Hall–Kier alpha value is -2.88. The average Bonchev–Trinajstić information content (AvgIpc) is 2.84. The van der Waals surface area contributed by atoms with E-state index < -0.39 is 0 Å². The number of hydrogen-bond acceptors (Lipinski definition) is 3. The van der Waals surface area contributed by atoms with Gasteiger partial charge in [0.1, 0.15) is 5.70 Å². The first kappa shape index (κ1) is 15.0. The van der Waals surface area contributed by atoms with Crippen LogP contribution in [0.25, 0.3) is 0 Å². The summed E-state index contributed by atoms with van der Waals surface area (Å²) in [6, 6.07) is 17.3. The van der Waals surface area contributed by atoms with E-state index in [1.54, 1.807) is 0 Å². The molecule has 23 heavy (non-hydrogen) atoms. The molecule has 4 nitrogen and oxygen atoms in total. The Morgan fingerprint density at radius 3 is 2.26 bits per heavy atom. The second-order valence-corrected chi connectivity index (χ2v) is 5.45. The van der Waals surface area contributed by atoms with Gasteiger partial charge in [0.15, 0.2) is 0 Å². The Bertz CT molecular complexity index is 749. The quantitative estimate of drug-likeness (QED) is 0.864. The van der Waals surface area contributed by atoms with Gasteiger partial charge in [0.25, 0.3) is 11.8 Å². The monoisotopic (exact) mass is 306 g/mol. The highest BCUT2D eigenvalue weighted by molar-refractivity contribution is 6.17. The first-order chi connectivity index (χ1) is 11.2. The molecule has 4 heteroatoms. The second-order valence-electron chi connectivity index (χ2n) is 5.45. The number of rotatable bonds is 5. The zero-order valence-electron chi connectivity index (χ0n) is 13.0. The summed E-state index contributed by atoms with van der Waals surface area (Å²) in [6.45, 7) is 2.38. The van der Waals surface area contributed by atoms with Gasteiger partial charge < -0.3 is 5.32 Å². The molecule has 0 bridgehead atoms. The molecule has 0 unspecified atom stereocenters. The Morgan fingerprint density at radius 1 is 0.913 bits per heavy atom. The lowest BCUT2D eigenvalue weighted by Crippen LogP contribution is -2.31. The van der Waals surface area contributed by atoms with Gasteiger partial charge in [0.2, 0.25) is 0 Å². The van der Waals surface area contributed by atoms with Crippen LogP contribution in [-0.2, 0) is 22.6 Å². The van der Waals surface area contributed by atoms with Crippen LogP contribution in [0.4, 0.5) is 5.69 Å². The van der Waals surface area contributed by atoms with Crippen molar-refractivity contribution in [3.8, 4) is 0 Å². The maximum atomic E-state index is 12.4. The Balaban J connectivity index is 1.70.